The molecule has 3 rings (SSSR count). The van der Waals surface area contributed by atoms with Gasteiger partial charge in [-0.25, -0.2) is 4.98 Å². The summed E-state index contributed by atoms with van der Waals surface area (Å²) in [6, 6.07) is 11.6. The van der Waals surface area contributed by atoms with Crippen LogP contribution in [-0.2, 0) is 6.42 Å². The zero-order chi connectivity index (χ0) is 14.1. The highest BCUT2D eigenvalue weighted by molar-refractivity contribution is 7.18. The highest BCUT2D eigenvalue weighted by Crippen LogP contribution is 2.22. The Balaban J connectivity index is 1.88. The molecule has 0 saturated heterocycles. The molecule has 3 nitrogen and oxygen atoms in total. The number of nitrogens with zero attached hydrogens (tertiary/aromatic N) is 2. The monoisotopic (exact) mass is 282 g/mol. The van der Waals surface area contributed by atoms with E-state index < -0.39 is 0 Å². The van der Waals surface area contributed by atoms with Gasteiger partial charge in [0, 0.05) is 17.0 Å². The van der Waals surface area contributed by atoms with Crippen LogP contribution in [0.2, 0.25) is 0 Å². The molecule has 0 N–H and O–H groups in total. The van der Waals surface area contributed by atoms with E-state index in [0.717, 1.165) is 26.6 Å². The lowest BCUT2D eigenvalue weighted by Gasteiger charge is -2.02. The minimum Gasteiger partial charge on any atom is -0.294 e. The molecular weight excluding hydrogens is 268 g/mol. The third-order valence-corrected chi connectivity index (χ3v) is 4.09. The Morgan fingerprint density at radius 1 is 1.10 bits per heavy atom. The van der Waals surface area contributed by atoms with Gasteiger partial charge >= 0.3 is 0 Å². The predicted octanol–water partition coefficient (Wildman–Crippen LogP) is 3.73. The lowest BCUT2D eigenvalue weighted by Crippen LogP contribution is -2.05. The Hall–Kier alpha value is -2.07. The molecule has 2 heterocycles. The number of carbonyl (C=O) groups is 1. The van der Waals surface area contributed by atoms with Gasteiger partial charge in [-0.3, -0.25) is 9.78 Å². The Morgan fingerprint density at radius 2 is 1.80 bits per heavy atom. The number of rotatable bonds is 3. The van der Waals surface area contributed by atoms with Crippen molar-refractivity contribution in [1.29, 1.82) is 0 Å². The van der Waals surface area contributed by atoms with E-state index >= 15 is 0 Å². The molecule has 0 aliphatic heterocycles. The van der Waals surface area contributed by atoms with Crippen molar-refractivity contribution < 1.29 is 4.79 Å². The van der Waals surface area contributed by atoms with Gasteiger partial charge in [-0.2, -0.15) is 0 Å². The molecule has 0 aliphatic carbocycles. The number of ketones is 1. The minimum atomic E-state index is 0.0951. The molecule has 0 bridgehead atoms. The van der Waals surface area contributed by atoms with E-state index in [1.54, 1.807) is 11.3 Å². The second-order valence-electron chi connectivity index (χ2n) is 4.81. The fraction of sp³-hybridized carbons (Fsp3) is 0.188. The number of para-hydroxylation sites is 1. The van der Waals surface area contributed by atoms with Crippen LogP contribution in [0.15, 0.2) is 36.4 Å². The van der Waals surface area contributed by atoms with Crippen LogP contribution >= 0.6 is 11.3 Å². The Kier molecular flexibility index (Phi) is 3.32. The van der Waals surface area contributed by atoms with Crippen molar-refractivity contribution in [1.82, 2.24) is 9.97 Å². The van der Waals surface area contributed by atoms with E-state index in [-0.39, 0.29) is 5.78 Å². The minimum absolute atomic E-state index is 0.0951. The SMILES string of the molecule is Cc1cc(C(=O)Cc2nc3ccccc3s2)cc(C)n1. The van der Waals surface area contributed by atoms with Crippen LogP contribution in [0.25, 0.3) is 10.2 Å². The molecule has 0 atom stereocenters. The Morgan fingerprint density at radius 3 is 2.50 bits per heavy atom. The molecule has 1 aromatic carbocycles. The molecule has 0 saturated carbocycles. The topological polar surface area (TPSA) is 42.9 Å². The lowest BCUT2D eigenvalue weighted by molar-refractivity contribution is 0.0992. The van der Waals surface area contributed by atoms with Crippen molar-refractivity contribution in [2.45, 2.75) is 20.3 Å². The summed E-state index contributed by atoms with van der Waals surface area (Å²) in [6.07, 6.45) is 0.349. The van der Waals surface area contributed by atoms with Gasteiger partial charge < -0.3 is 0 Å². The number of aryl methyl sites for hydroxylation is 2. The van der Waals surface area contributed by atoms with Gasteiger partial charge in [0.2, 0.25) is 0 Å². The molecule has 0 aliphatic rings. The zero-order valence-electron chi connectivity index (χ0n) is 11.4. The first kappa shape index (κ1) is 12.9. The largest absolute Gasteiger partial charge is 0.294 e. The highest BCUT2D eigenvalue weighted by Gasteiger charge is 2.12. The van der Waals surface area contributed by atoms with Crippen molar-refractivity contribution in [3.63, 3.8) is 0 Å². The van der Waals surface area contributed by atoms with E-state index in [2.05, 4.69) is 9.97 Å². The predicted molar refractivity (Wildman–Crippen MR) is 81.4 cm³/mol. The van der Waals surface area contributed by atoms with Crippen molar-refractivity contribution in [3.8, 4) is 0 Å². The Bertz CT molecular complexity index is 739. The van der Waals surface area contributed by atoms with Gasteiger partial charge in [0.25, 0.3) is 0 Å². The zero-order valence-corrected chi connectivity index (χ0v) is 12.2. The second-order valence-corrected chi connectivity index (χ2v) is 5.93. The number of benzene rings is 1. The number of pyridine rings is 1. The van der Waals surface area contributed by atoms with Crippen LogP contribution in [-0.4, -0.2) is 15.8 Å². The highest BCUT2D eigenvalue weighted by atomic mass is 32.1. The van der Waals surface area contributed by atoms with Gasteiger partial charge in [-0.05, 0) is 38.1 Å². The number of hydrogen-bond acceptors (Lipinski definition) is 4. The first-order valence-electron chi connectivity index (χ1n) is 6.45. The summed E-state index contributed by atoms with van der Waals surface area (Å²) < 4.78 is 1.12. The van der Waals surface area contributed by atoms with Gasteiger partial charge in [-0.15, -0.1) is 11.3 Å². The van der Waals surface area contributed by atoms with Gasteiger partial charge in [-0.1, -0.05) is 12.1 Å². The average Bonchev–Trinajstić information content (AvgIpc) is 2.79. The lowest BCUT2D eigenvalue weighted by atomic mass is 10.1. The van der Waals surface area contributed by atoms with Crippen LogP contribution in [0, 0.1) is 13.8 Å². The maximum atomic E-state index is 12.3. The van der Waals surface area contributed by atoms with Crippen molar-refractivity contribution >= 4 is 27.3 Å². The second kappa shape index (κ2) is 5.13. The van der Waals surface area contributed by atoms with Gasteiger partial charge in [0.15, 0.2) is 5.78 Å². The summed E-state index contributed by atoms with van der Waals surface area (Å²) >= 11 is 1.58. The summed E-state index contributed by atoms with van der Waals surface area (Å²) in [7, 11) is 0. The van der Waals surface area contributed by atoms with E-state index in [9.17, 15) is 4.79 Å². The number of aromatic nitrogens is 2. The third kappa shape index (κ3) is 2.60. The summed E-state index contributed by atoms with van der Waals surface area (Å²) in [5.74, 6) is 0.0951. The molecule has 4 heteroatoms. The molecular formula is C16H14N2OS. The summed E-state index contributed by atoms with van der Waals surface area (Å²) in [5, 5.41) is 0.864. The van der Waals surface area contributed by atoms with E-state index in [4.69, 9.17) is 0 Å². The number of Topliss-reactive ketones (excluding diaryl/α,β-unsaturated/α-hetero) is 1. The maximum absolute atomic E-state index is 12.3. The average molecular weight is 282 g/mol. The fourth-order valence-electron chi connectivity index (χ4n) is 2.23. The summed E-state index contributed by atoms with van der Waals surface area (Å²) in [4.78, 5) is 21.1. The Labute approximate surface area is 121 Å². The van der Waals surface area contributed by atoms with Crippen LogP contribution in [0.1, 0.15) is 26.8 Å². The molecule has 0 amide bonds. The van der Waals surface area contributed by atoms with Crippen LogP contribution in [0.4, 0.5) is 0 Å². The van der Waals surface area contributed by atoms with E-state index in [1.165, 1.54) is 0 Å². The smallest absolute Gasteiger partial charge is 0.169 e. The number of fused-ring (bicyclic) bond motifs is 1. The number of thiazole rings is 1. The standard InChI is InChI=1S/C16H14N2OS/c1-10-7-12(8-11(2)17-10)14(19)9-16-18-13-5-3-4-6-15(13)20-16/h3-8H,9H2,1-2H3. The van der Waals surface area contributed by atoms with Crippen molar-refractivity contribution in [3.05, 3.63) is 58.4 Å². The normalized spacial score (nSPS) is 10.9. The van der Waals surface area contributed by atoms with Crippen molar-refractivity contribution in [2.24, 2.45) is 0 Å². The third-order valence-electron chi connectivity index (χ3n) is 3.05. The first-order chi connectivity index (χ1) is 9.61. The number of hydrogen-bond donors (Lipinski definition) is 0. The van der Waals surface area contributed by atoms with Crippen LogP contribution in [0.5, 0.6) is 0 Å². The van der Waals surface area contributed by atoms with Gasteiger partial charge in [0.1, 0.15) is 5.01 Å². The van der Waals surface area contributed by atoms with Crippen molar-refractivity contribution in [2.75, 3.05) is 0 Å². The first-order valence-corrected chi connectivity index (χ1v) is 7.26. The van der Waals surface area contributed by atoms with E-state index in [0.29, 0.717) is 12.0 Å². The molecule has 0 spiro atoms. The molecule has 0 radical (unpaired) electrons. The van der Waals surface area contributed by atoms with Gasteiger partial charge in [0.05, 0.1) is 16.6 Å². The van der Waals surface area contributed by atoms with Crippen LogP contribution < -0.4 is 0 Å². The molecule has 100 valence electrons. The summed E-state index contributed by atoms with van der Waals surface area (Å²) in [5.41, 5.74) is 3.42. The summed E-state index contributed by atoms with van der Waals surface area (Å²) in [6.45, 7) is 3.81. The fourth-order valence-corrected chi connectivity index (χ4v) is 3.20. The molecule has 0 fully saturated rings. The molecule has 3 aromatic rings. The molecule has 20 heavy (non-hydrogen) atoms. The molecule has 2 aromatic heterocycles. The number of carbonyl (C=O) groups excluding carboxylic acids is 1. The maximum Gasteiger partial charge on any atom is 0.169 e. The van der Waals surface area contributed by atoms with Crippen LogP contribution in [0.3, 0.4) is 0 Å². The quantitative estimate of drug-likeness (QED) is 0.687. The van der Waals surface area contributed by atoms with E-state index in [1.807, 2.05) is 50.2 Å². The molecule has 0 unspecified atom stereocenters.